The summed E-state index contributed by atoms with van der Waals surface area (Å²) in [5, 5.41) is 17.3. The summed E-state index contributed by atoms with van der Waals surface area (Å²) < 4.78 is 12.9. The van der Waals surface area contributed by atoms with Gasteiger partial charge in [-0.2, -0.15) is 0 Å². The van der Waals surface area contributed by atoms with E-state index in [0.29, 0.717) is 23.6 Å². The number of carbonyl (C=O) groups is 2. The summed E-state index contributed by atoms with van der Waals surface area (Å²) in [6.45, 7) is 1.30. The molecule has 0 aliphatic rings. The second-order valence-electron chi connectivity index (χ2n) is 5.70. The van der Waals surface area contributed by atoms with Crippen LogP contribution in [0.5, 0.6) is 0 Å². The molecule has 0 heterocycles. The molecule has 2 rings (SSSR count). The molecule has 0 fully saturated rings. The molecule has 8 heteroatoms. The number of rotatable bonds is 7. The van der Waals surface area contributed by atoms with Crippen molar-refractivity contribution < 1.29 is 19.1 Å². The average Bonchev–Trinajstić information content (AvgIpc) is 2.62. The Bertz CT molecular complexity index is 781. The van der Waals surface area contributed by atoms with Crippen LogP contribution in [0, 0.1) is 5.82 Å². The molecule has 0 spiro atoms. The summed E-state index contributed by atoms with van der Waals surface area (Å²) in [5.41, 5.74) is 7.81. The first-order valence-corrected chi connectivity index (χ1v) is 7.96. The Balaban J connectivity index is 2.16. The molecule has 26 heavy (non-hydrogen) atoms. The highest BCUT2D eigenvalue weighted by Crippen LogP contribution is 2.26. The number of carbonyl (C=O) groups excluding carboxylic acids is 2. The molecule has 0 radical (unpaired) electrons. The largest absolute Gasteiger partial charge is 0.394 e. The van der Waals surface area contributed by atoms with E-state index in [4.69, 9.17) is 10.8 Å². The molecule has 138 valence electrons. The highest BCUT2D eigenvalue weighted by Gasteiger charge is 2.15. The van der Waals surface area contributed by atoms with Gasteiger partial charge in [-0.1, -0.05) is 12.1 Å². The molecule has 1 atom stereocenters. The number of amides is 2. The third-order valence-electron chi connectivity index (χ3n) is 3.53. The Labute approximate surface area is 150 Å². The Kier molecular flexibility index (Phi) is 6.65. The molecular formula is C18H21FN4O3. The number of halogens is 1. The molecule has 0 aromatic heterocycles. The van der Waals surface area contributed by atoms with Gasteiger partial charge >= 0.3 is 0 Å². The molecule has 0 aliphatic heterocycles. The third-order valence-corrected chi connectivity index (χ3v) is 3.53. The van der Waals surface area contributed by atoms with Crippen molar-refractivity contribution in [3.8, 4) is 0 Å². The van der Waals surface area contributed by atoms with Gasteiger partial charge in [-0.25, -0.2) is 4.39 Å². The third kappa shape index (κ3) is 5.54. The van der Waals surface area contributed by atoms with Crippen LogP contribution in [-0.2, 0) is 16.1 Å². The van der Waals surface area contributed by atoms with Crippen molar-refractivity contribution in [1.29, 1.82) is 0 Å². The number of aliphatic hydroxyl groups excluding tert-OH is 1. The first-order chi connectivity index (χ1) is 12.4. The standard InChI is InChI=1S/C18H21FN4O3/c1-11(25)22-16-7-6-14(8-17(16)23-18(26)15(20)10-24)21-9-12-2-4-13(19)5-3-12/h2-8,15,21,24H,9-10,20H2,1H3,(H,22,25)(H,23,26)/t15-/m1/s1. The van der Waals surface area contributed by atoms with E-state index in [1.807, 2.05) is 0 Å². The lowest BCUT2D eigenvalue weighted by atomic mass is 10.2. The zero-order valence-corrected chi connectivity index (χ0v) is 14.3. The predicted molar refractivity (Wildman–Crippen MR) is 98.2 cm³/mol. The van der Waals surface area contributed by atoms with Gasteiger partial charge in [0.15, 0.2) is 0 Å². The fourth-order valence-electron chi connectivity index (χ4n) is 2.17. The monoisotopic (exact) mass is 360 g/mol. The van der Waals surface area contributed by atoms with Gasteiger partial charge in [0, 0.05) is 19.2 Å². The van der Waals surface area contributed by atoms with E-state index in [9.17, 15) is 14.0 Å². The minimum atomic E-state index is -1.07. The van der Waals surface area contributed by atoms with Gasteiger partial charge in [-0.05, 0) is 35.9 Å². The maximum Gasteiger partial charge on any atom is 0.243 e. The zero-order chi connectivity index (χ0) is 19.1. The summed E-state index contributed by atoms with van der Waals surface area (Å²) in [5.74, 6) is -1.17. The van der Waals surface area contributed by atoms with Crippen LogP contribution in [0.2, 0.25) is 0 Å². The Hall–Kier alpha value is -2.97. The maximum absolute atomic E-state index is 12.9. The lowest BCUT2D eigenvalue weighted by Gasteiger charge is -2.16. The lowest BCUT2D eigenvalue weighted by Crippen LogP contribution is -2.38. The zero-order valence-electron chi connectivity index (χ0n) is 14.3. The number of hydrogen-bond acceptors (Lipinski definition) is 5. The van der Waals surface area contributed by atoms with E-state index in [0.717, 1.165) is 5.56 Å². The molecule has 6 N–H and O–H groups in total. The van der Waals surface area contributed by atoms with E-state index >= 15 is 0 Å². The summed E-state index contributed by atoms with van der Waals surface area (Å²) in [6, 6.07) is 10.0. The van der Waals surface area contributed by atoms with Crippen LogP contribution in [0.1, 0.15) is 12.5 Å². The highest BCUT2D eigenvalue weighted by atomic mass is 19.1. The van der Waals surface area contributed by atoms with Crippen molar-refractivity contribution in [2.24, 2.45) is 5.73 Å². The van der Waals surface area contributed by atoms with Gasteiger partial charge in [0.05, 0.1) is 18.0 Å². The minimum Gasteiger partial charge on any atom is -0.394 e. The Morgan fingerprint density at radius 3 is 2.42 bits per heavy atom. The van der Waals surface area contributed by atoms with Gasteiger partial charge in [0.2, 0.25) is 11.8 Å². The quantitative estimate of drug-likeness (QED) is 0.515. The van der Waals surface area contributed by atoms with Crippen molar-refractivity contribution in [2.75, 3.05) is 22.6 Å². The minimum absolute atomic E-state index is 0.293. The van der Waals surface area contributed by atoms with Crippen LogP contribution in [0.25, 0.3) is 0 Å². The van der Waals surface area contributed by atoms with Crippen LogP contribution in [0.4, 0.5) is 21.5 Å². The van der Waals surface area contributed by atoms with Crippen molar-refractivity contribution in [1.82, 2.24) is 0 Å². The normalized spacial score (nSPS) is 11.5. The van der Waals surface area contributed by atoms with Gasteiger partial charge in [0.1, 0.15) is 11.9 Å². The average molecular weight is 360 g/mol. The van der Waals surface area contributed by atoms with Crippen molar-refractivity contribution in [2.45, 2.75) is 19.5 Å². The molecule has 2 aromatic carbocycles. The molecule has 0 unspecified atom stereocenters. The second kappa shape index (κ2) is 8.93. The molecule has 2 amide bonds. The van der Waals surface area contributed by atoms with E-state index < -0.39 is 18.6 Å². The van der Waals surface area contributed by atoms with Crippen LogP contribution in [-0.4, -0.2) is 29.6 Å². The molecule has 0 saturated carbocycles. The van der Waals surface area contributed by atoms with E-state index in [1.165, 1.54) is 19.1 Å². The van der Waals surface area contributed by atoms with E-state index in [-0.39, 0.29) is 11.7 Å². The summed E-state index contributed by atoms with van der Waals surface area (Å²) in [7, 11) is 0. The van der Waals surface area contributed by atoms with Crippen molar-refractivity contribution in [3.63, 3.8) is 0 Å². The summed E-state index contributed by atoms with van der Waals surface area (Å²) in [4.78, 5) is 23.3. The SMILES string of the molecule is CC(=O)Nc1ccc(NCc2ccc(F)cc2)cc1NC(=O)[C@H](N)CO. The van der Waals surface area contributed by atoms with Gasteiger partial charge in [-0.15, -0.1) is 0 Å². The smallest absolute Gasteiger partial charge is 0.243 e. The number of nitrogens with one attached hydrogen (secondary N) is 3. The number of benzene rings is 2. The topological polar surface area (TPSA) is 116 Å². The molecule has 0 aliphatic carbocycles. The molecule has 0 saturated heterocycles. The maximum atomic E-state index is 12.9. The van der Waals surface area contributed by atoms with Gasteiger partial charge in [-0.3, -0.25) is 9.59 Å². The first-order valence-electron chi connectivity index (χ1n) is 7.96. The van der Waals surface area contributed by atoms with Crippen molar-refractivity contribution >= 4 is 28.9 Å². The highest BCUT2D eigenvalue weighted by molar-refractivity contribution is 6.01. The number of hydrogen-bond donors (Lipinski definition) is 5. The lowest BCUT2D eigenvalue weighted by molar-refractivity contribution is -0.118. The number of nitrogens with two attached hydrogens (primary N) is 1. The fraction of sp³-hybridized carbons (Fsp3) is 0.222. The van der Waals surface area contributed by atoms with E-state index in [2.05, 4.69) is 16.0 Å². The molecule has 2 aromatic rings. The summed E-state index contributed by atoms with van der Waals surface area (Å²) >= 11 is 0. The Morgan fingerprint density at radius 1 is 1.12 bits per heavy atom. The molecule has 0 bridgehead atoms. The van der Waals surface area contributed by atoms with Crippen LogP contribution < -0.4 is 21.7 Å². The van der Waals surface area contributed by atoms with Gasteiger partial charge in [0.25, 0.3) is 0 Å². The van der Waals surface area contributed by atoms with Crippen LogP contribution >= 0.6 is 0 Å². The van der Waals surface area contributed by atoms with Crippen LogP contribution in [0.15, 0.2) is 42.5 Å². The number of anilines is 3. The second-order valence-corrected chi connectivity index (χ2v) is 5.70. The molecular weight excluding hydrogens is 339 g/mol. The number of aliphatic hydroxyl groups is 1. The predicted octanol–water partition coefficient (Wildman–Crippen LogP) is 1.65. The van der Waals surface area contributed by atoms with Gasteiger partial charge < -0.3 is 26.8 Å². The first kappa shape index (κ1) is 19.4. The fourth-order valence-corrected chi connectivity index (χ4v) is 2.17. The van der Waals surface area contributed by atoms with Crippen LogP contribution in [0.3, 0.4) is 0 Å². The summed E-state index contributed by atoms with van der Waals surface area (Å²) in [6.07, 6.45) is 0. The Morgan fingerprint density at radius 2 is 1.81 bits per heavy atom. The molecule has 7 nitrogen and oxygen atoms in total. The van der Waals surface area contributed by atoms with Crippen molar-refractivity contribution in [3.05, 3.63) is 53.8 Å². The van der Waals surface area contributed by atoms with E-state index in [1.54, 1.807) is 30.3 Å².